The first kappa shape index (κ1) is 14.6. The lowest BCUT2D eigenvalue weighted by Gasteiger charge is -2.41. The molecule has 2 rings (SSSR count). The molecule has 108 valence electrons. The maximum atomic E-state index is 5.98. The van der Waals surface area contributed by atoms with Gasteiger partial charge in [-0.15, -0.1) is 0 Å². The Bertz CT molecular complexity index is 402. The molecule has 0 saturated heterocycles. The van der Waals surface area contributed by atoms with Gasteiger partial charge in [0.25, 0.3) is 0 Å². The van der Waals surface area contributed by atoms with Gasteiger partial charge in [0.05, 0.1) is 5.69 Å². The Balaban J connectivity index is 2.05. The van der Waals surface area contributed by atoms with Gasteiger partial charge in [-0.05, 0) is 61.5 Å². The molecule has 1 aromatic heterocycles. The molecule has 0 spiro atoms. The largest absolute Gasteiger partial charge is 0.330 e. The minimum atomic E-state index is 0.419. The molecule has 1 saturated carbocycles. The highest BCUT2D eigenvalue weighted by Crippen LogP contribution is 2.43. The van der Waals surface area contributed by atoms with Gasteiger partial charge in [0.15, 0.2) is 0 Å². The maximum Gasteiger partial charge on any atom is 0.0627 e. The van der Waals surface area contributed by atoms with Gasteiger partial charge in [0.1, 0.15) is 0 Å². The summed E-state index contributed by atoms with van der Waals surface area (Å²) in [4.78, 5) is 0. The van der Waals surface area contributed by atoms with E-state index in [1.165, 1.54) is 25.0 Å². The summed E-state index contributed by atoms with van der Waals surface area (Å²) in [6.45, 7) is 7.95. The lowest BCUT2D eigenvalue weighted by atomic mass is 9.64. The first-order chi connectivity index (χ1) is 8.90. The SMILES string of the molecule is Cn1ccc(CC2CC(C(C)(C)C)CCC2CN)n1. The molecule has 0 aliphatic heterocycles. The van der Waals surface area contributed by atoms with E-state index in [-0.39, 0.29) is 0 Å². The Hall–Kier alpha value is -0.830. The normalized spacial score (nSPS) is 28.6. The third-order valence-corrected chi connectivity index (χ3v) is 4.91. The molecule has 3 unspecified atom stereocenters. The summed E-state index contributed by atoms with van der Waals surface area (Å²) in [5, 5.41) is 4.54. The van der Waals surface area contributed by atoms with Gasteiger partial charge in [0, 0.05) is 13.2 Å². The summed E-state index contributed by atoms with van der Waals surface area (Å²) in [6.07, 6.45) is 7.06. The molecule has 1 aliphatic rings. The van der Waals surface area contributed by atoms with Crippen molar-refractivity contribution in [3.8, 4) is 0 Å². The molecular weight excluding hydrogens is 234 g/mol. The van der Waals surface area contributed by atoms with Crippen molar-refractivity contribution in [1.82, 2.24) is 9.78 Å². The van der Waals surface area contributed by atoms with Gasteiger partial charge in [-0.1, -0.05) is 20.8 Å². The third-order valence-electron chi connectivity index (χ3n) is 4.91. The van der Waals surface area contributed by atoms with Gasteiger partial charge in [-0.3, -0.25) is 4.68 Å². The first-order valence-electron chi connectivity index (χ1n) is 7.58. The number of rotatable bonds is 3. The second kappa shape index (κ2) is 5.66. The molecule has 1 aromatic rings. The van der Waals surface area contributed by atoms with Crippen LogP contribution in [-0.2, 0) is 13.5 Å². The minimum absolute atomic E-state index is 0.419. The summed E-state index contributed by atoms with van der Waals surface area (Å²) in [5.74, 6) is 2.21. The average Bonchev–Trinajstić information content (AvgIpc) is 2.73. The molecule has 2 N–H and O–H groups in total. The van der Waals surface area contributed by atoms with Crippen molar-refractivity contribution in [2.24, 2.45) is 36.0 Å². The van der Waals surface area contributed by atoms with Crippen LogP contribution in [-0.4, -0.2) is 16.3 Å². The molecular formula is C16H29N3. The van der Waals surface area contributed by atoms with Crippen LogP contribution in [0.3, 0.4) is 0 Å². The topological polar surface area (TPSA) is 43.8 Å². The van der Waals surface area contributed by atoms with Crippen LogP contribution in [0.4, 0.5) is 0 Å². The fourth-order valence-electron chi connectivity index (χ4n) is 3.51. The number of aromatic nitrogens is 2. The van der Waals surface area contributed by atoms with Crippen LogP contribution in [0, 0.1) is 23.2 Å². The minimum Gasteiger partial charge on any atom is -0.330 e. The van der Waals surface area contributed by atoms with E-state index in [1.807, 2.05) is 17.9 Å². The molecule has 0 radical (unpaired) electrons. The summed E-state index contributed by atoms with van der Waals surface area (Å²) < 4.78 is 1.90. The van der Waals surface area contributed by atoms with E-state index in [9.17, 15) is 0 Å². The average molecular weight is 263 g/mol. The van der Waals surface area contributed by atoms with E-state index in [0.29, 0.717) is 17.3 Å². The van der Waals surface area contributed by atoms with Crippen LogP contribution in [0.25, 0.3) is 0 Å². The molecule has 3 atom stereocenters. The summed E-state index contributed by atoms with van der Waals surface area (Å²) in [7, 11) is 1.99. The van der Waals surface area contributed by atoms with Gasteiger partial charge in [0.2, 0.25) is 0 Å². The quantitative estimate of drug-likeness (QED) is 0.911. The monoisotopic (exact) mass is 263 g/mol. The molecule has 0 aromatic carbocycles. The number of hydrogen-bond donors (Lipinski definition) is 1. The number of hydrogen-bond acceptors (Lipinski definition) is 2. The van der Waals surface area contributed by atoms with E-state index >= 15 is 0 Å². The molecule has 0 bridgehead atoms. The zero-order valence-electron chi connectivity index (χ0n) is 12.9. The zero-order chi connectivity index (χ0) is 14.0. The lowest BCUT2D eigenvalue weighted by Crippen LogP contribution is -2.36. The van der Waals surface area contributed by atoms with Crippen molar-refractivity contribution in [2.75, 3.05) is 6.54 Å². The van der Waals surface area contributed by atoms with Gasteiger partial charge in [-0.2, -0.15) is 5.10 Å². The summed E-state index contributed by atoms with van der Waals surface area (Å²) >= 11 is 0. The van der Waals surface area contributed by atoms with Crippen molar-refractivity contribution >= 4 is 0 Å². The Morgan fingerprint density at radius 1 is 1.32 bits per heavy atom. The molecule has 19 heavy (non-hydrogen) atoms. The Morgan fingerprint density at radius 2 is 2.05 bits per heavy atom. The van der Waals surface area contributed by atoms with Crippen LogP contribution in [0.1, 0.15) is 45.7 Å². The van der Waals surface area contributed by atoms with Gasteiger partial charge >= 0.3 is 0 Å². The molecule has 0 amide bonds. The van der Waals surface area contributed by atoms with E-state index in [0.717, 1.165) is 18.9 Å². The van der Waals surface area contributed by atoms with E-state index in [1.54, 1.807) is 0 Å². The predicted molar refractivity (Wildman–Crippen MR) is 79.7 cm³/mol. The van der Waals surface area contributed by atoms with Crippen molar-refractivity contribution in [1.29, 1.82) is 0 Å². The van der Waals surface area contributed by atoms with E-state index < -0.39 is 0 Å². The molecule has 1 aliphatic carbocycles. The van der Waals surface area contributed by atoms with Crippen LogP contribution in [0.2, 0.25) is 0 Å². The molecule has 1 fully saturated rings. The van der Waals surface area contributed by atoms with E-state index in [2.05, 4.69) is 31.9 Å². The van der Waals surface area contributed by atoms with Crippen LogP contribution >= 0.6 is 0 Å². The molecule has 3 nitrogen and oxygen atoms in total. The Labute approximate surface area is 117 Å². The number of nitrogens with two attached hydrogens (primary N) is 1. The molecule has 1 heterocycles. The smallest absolute Gasteiger partial charge is 0.0627 e. The van der Waals surface area contributed by atoms with Crippen LogP contribution in [0.5, 0.6) is 0 Å². The van der Waals surface area contributed by atoms with Gasteiger partial charge < -0.3 is 5.73 Å². The highest BCUT2D eigenvalue weighted by molar-refractivity contribution is 5.02. The van der Waals surface area contributed by atoms with Crippen LogP contribution < -0.4 is 5.73 Å². The first-order valence-corrected chi connectivity index (χ1v) is 7.58. The third kappa shape index (κ3) is 3.59. The maximum absolute atomic E-state index is 5.98. The second-order valence-corrected chi connectivity index (χ2v) is 7.32. The second-order valence-electron chi connectivity index (χ2n) is 7.32. The van der Waals surface area contributed by atoms with Crippen molar-refractivity contribution in [3.05, 3.63) is 18.0 Å². The standard InChI is InChI=1S/C16H29N3/c1-16(2,3)14-6-5-12(11-17)13(9-14)10-15-7-8-19(4)18-15/h7-8,12-14H,5-6,9-11,17H2,1-4H3. The highest BCUT2D eigenvalue weighted by Gasteiger charge is 2.35. The van der Waals surface area contributed by atoms with Crippen molar-refractivity contribution in [3.63, 3.8) is 0 Å². The zero-order valence-corrected chi connectivity index (χ0v) is 12.9. The van der Waals surface area contributed by atoms with E-state index in [4.69, 9.17) is 5.73 Å². The van der Waals surface area contributed by atoms with Crippen molar-refractivity contribution < 1.29 is 0 Å². The van der Waals surface area contributed by atoms with Gasteiger partial charge in [-0.25, -0.2) is 0 Å². The number of nitrogens with zero attached hydrogens (tertiary/aromatic N) is 2. The molecule has 3 heteroatoms. The Kier molecular flexibility index (Phi) is 4.34. The summed E-state index contributed by atoms with van der Waals surface area (Å²) in [6, 6.07) is 2.15. The number of aryl methyl sites for hydroxylation is 1. The highest BCUT2D eigenvalue weighted by atomic mass is 15.2. The fourth-order valence-corrected chi connectivity index (χ4v) is 3.51. The fraction of sp³-hybridized carbons (Fsp3) is 0.812. The predicted octanol–water partition coefficient (Wildman–Crippen LogP) is 3.00. The Morgan fingerprint density at radius 3 is 2.58 bits per heavy atom. The summed E-state index contributed by atoms with van der Waals surface area (Å²) in [5.41, 5.74) is 7.62. The van der Waals surface area contributed by atoms with Crippen molar-refractivity contribution in [2.45, 2.75) is 46.5 Å². The lowest BCUT2D eigenvalue weighted by molar-refractivity contribution is 0.100. The van der Waals surface area contributed by atoms with Crippen LogP contribution in [0.15, 0.2) is 12.3 Å².